The van der Waals surface area contributed by atoms with Crippen LogP contribution < -0.4 is 0 Å². The molecule has 1 fully saturated rings. The summed E-state index contributed by atoms with van der Waals surface area (Å²) < 4.78 is 6.71. The maximum atomic E-state index is 12.8. The molecule has 1 aliphatic heterocycles. The molecule has 10 heteroatoms. The highest BCUT2D eigenvalue weighted by atomic mass is 32.1. The van der Waals surface area contributed by atoms with E-state index in [0.29, 0.717) is 49.3 Å². The smallest absolute Gasteiger partial charge is 0.409 e. The first-order valence-electron chi connectivity index (χ1n) is 8.08. The number of amides is 2. The standard InChI is InChI=1S/C15H20N6O3S/c1-11(2)9-24-15(23)20-6-4-19(5-7-20)14(22)13-12(3-8-25-13)21-10-16-17-18-21/h3,8,10-11H,4-7,9H2,1-2H3. The molecule has 0 atom stereocenters. The molecule has 134 valence electrons. The van der Waals surface area contributed by atoms with Crippen molar-refractivity contribution in [3.05, 3.63) is 22.7 Å². The highest BCUT2D eigenvalue weighted by Crippen LogP contribution is 2.22. The van der Waals surface area contributed by atoms with Crippen LogP contribution >= 0.6 is 11.3 Å². The second kappa shape index (κ2) is 7.60. The van der Waals surface area contributed by atoms with Gasteiger partial charge in [0.05, 0.1) is 12.3 Å². The van der Waals surface area contributed by atoms with Crippen molar-refractivity contribution in [3.8, 4) is 5.69 Å². The van der Waals surface area contributed by atoms with Crippen LogP contribution in [-0.4, -0.2) is 74.8 Å². The van der Waals surface area contributed by atoms with Gasteiger partial charge in [-0.15, -0.1) is 16.4 Å². The van der Waals surface area contributed by atoms with Gasteiger partial charge in [0.15, 0.2) is 0 Å². The third kappa shape index (κ3) is 3.95. The summed E-state index contributed by atoms with van der Waals surface area (Å²) in [6.07, 6.45) is 1.15. The molecule has 2 amide bonds. The fraction of sp³-hybridized carbons (Fsp3) is 0.533. The lowest BCUT2D eigenvalue weighted by Crippen LogP contribution is -2.50. The van der Waals surface area contributed by atoms with E-state index in [2.05, 4.69) is 15.5 Å². The summed E-state index contributed by atoms with van der Waals surface area (Å²) in [5.41, 5.74) is 0.666. The molecule has 0 saturated carbocycles. The number of carbonyl (C=O) groups excluding carboxylic acids is 2. The molecule has 0 unspecified atom stereocenters. The number of aromatic nitrogens is 4. The van der Waals surface area contributed by atoms with Gasteiger partial charge in [0.2, 0.25) is 0 Å². The van der Waals surface area contributed by atoms with Crippen molar-refractivity contribution in [3.63, 3.8) is 0 Å². The van der Waals surface area contributed by atoms with E-state index in [1.165, 1.54) is 22.3 Å². The minimum Gasteiger partial charge on any atom is -0.449 e. The highest BCUT2D eigenvalue weighted by Gasteiger charge is 2.28. The first-order valence-corrected chi connectivity index (χ1v) is 8.96. The van der Waals surface area contributed by atoms with Crippen LogP contribution in [0.4, 0.5) is 4.79 Å². The second-order valence-corrected chi connectivity index (χ2v) is 7.06. The van der Waals surface area contributed by atoms with Gasteiger partial charge >= 0.3 is 6.09 Å². The van der Waals surface area contributed by atoms with Crippen LogP contribution in [0.5, 0.6) is 0 Å². The molecule has 2 aromatic heterocycles. The summed E-state index contributed by atoms with van der Waals surface area (Å²) in [6.45, 7) is 6.27. The number of rotatable bonds is 4. The zero-order chi connectivity index (χ0) is 17.8. The van der Waals surface area contributed by atoms with Gasteiger partial charge in [0.1, 0.15) is 11.2 Å². The number of carbonyl (C=O) groups is 2. The third-order valence-corrected chi connectivity index (χ3v) is 4.69. The van der Waals surface area contributed by atoms with Gasteiger partial charge in [0.25, 0.3) is 5.91 Å². The predicted molar refractivity (Wildman–Crippen MR) is 90.7 cm³/mol. The molecule has 9 nitrogen and oxygen atoms in total. The van der Waals surface area contributed by atoms with Crippen LogP contribution in [0.15, 0.2) is 17.8 Å². The van der Waals surface area contributed by atoms with Gasteiger partial charge in [-0.3, -0.25) is 4.79 Å². The van der Waals surface area contributed by atoms with Gasteiger partial charge < -0.3 is 14.5 Å². The zero-order valence-corrected chi connectivity index (χ0v) is 15.0. The molecular formula is C15H20N6O3S. The Morgan fingerprint density at radius 3 is 2.60 bits per heavy atom. The number of tetrazole rings is 1. The van der Waals surface area contributed by atoms with Crippen LogP contribution in [0.3, 0.4) is 0 Å². The van der Waals surface area contributed by atoms with Crippen molar-refractivity contribution in [2.75, 3.05) is 32.8 Å². The average Bonchev–Trinajstić information content (AvgIpc) is 3.29. The largest absolute Gasteiger partial charge is 0.449 e. The van der Waals surface area contributed by atoms with E-state index in [1.54, 1.807) is 9.80 Å². The van der Waals surface area contributed by atoms with Gasteiger partial charge in [-0.05, 0) is 27.8 Å². The Labute approximate surface area is 149 Å². The van der Waals surface area contributed by atoms with Crippen molar-refractivity contribution in [1.29, 1.82) is 0 Å². The van der Waals surface area contributed by atoms with Crippen molar-refractivity contribution in [2.24, 2.45) is 5.92 Å². The van der Waals surface area contributed by atoms with Gasteiger partial charge in [-0.1, -0.05) is 13.8 Å². The minimum atomic E-state index is -0.314. The normalized spacial score (nSPS) is 14.8. The SMILES string of the molecule is CC(C)COC(=O)N1CCN(C(=O)c2sccc2-n2cnnn2)CC1. The molecule has 0 N–H and O–H groups in total. The number of nitrogens with zero attached hydrogens (tertiary/aromatic N) is 6. The molecule has 3 heterocycles. The number of thiophene rings is 1. The van der Waals surface area contributed by atoms with Gasteiger partial charge in [0, 0.05) is 26.2 Å². The molecule has 0 aromatic carbocycles. The Balaban J connectivity index is 1.59. The Morgan fingerprint density at radius 2 is 1.96 bits per heavy atom. The number of piperazine rings is 1. The molecule has 2 aromatic rings. The van der Waals surface area contributed by atoms with E-state index in [-0.39, 0.29) is 12.0 Å². The summed E-state index contributed by atoms with van der Waals surface area (Å²) in [4.78, 5) is 28.8. The molecule has 25 heavy (non-hydrogen) atoms. The molecule has 0 bridgehead atoms. The monoisotopic (exact) mass is 364 g/mol. The molecule has 3 rings (SSSR count). The molecule has 0 spiro atoms. The van der Waals surface area contributed by atoms with Crippen LogP contribution in [0.1, 0.15) is 23.5 Å². The van der Waals surface area contributed by atoms with Crippen LogP contribution in [-0.2, 0) is 4.74 Å². The Hall–Kier alpha value is -2.49. The molecule has 0 radical (unpaired) electrons. The van der Waals surface area contributed by atoms with E-state index in [4.69, 9.17) is 4.74 Å². The summed E-state index contributed by atoms with van der Waals surface area (Å²) >= 11 is 1.36. The van der Waals surface area contributed by atoms with Crippen molar-refractivity contribution in [2.45, 2.75) is 13.8 Å². The number of hydrogen-bond donors (Lipinski definition) is 0. The Bertz CT molecular complexity index is 721. The van der Waals surface area contributed by atoms with Gasteiger partial charge in [-0.2, -0.15) is 4.68 Å². The predicted octanol–water partition coefficient (Wildman–Crippen LogP) is 1.27. The lowest BCUT2D eigenvalue weighted by molar-refractivity contribution is 0.0538. The van der Waals surface area contributed by atoms with Crippen LogP contribution in [0.2, 0.25) is 0 Å². The van der Waals surface area contributed by atoms with E-state index in [9.17, 15) is 9.59 Å². The quantitative estimate of drug-likeness (QED) is 0.811. The topological polar surface area (TPSA) is 93.5 Å². The second-order valence-electron chi connectivity index (χ2n) is 6.14. The third-order valence-electron chi connectivity index (χ3n) is 3.80. The minimum absolute atomic E-state index is 0.0734. The van der Waals surface area contributed by atoms with E-state index in [1.807, 2.05) is 25.3 Å². The zero-order valence-electron chi connectivity index (χ0n) is 14.2. The van der Waals surface area contributed by atoms with Gasteiger partial charge in [-0.25, -0.2) is 4.79 Å². The average molecular weight is 364 g/mol. The summed E-state index contributed by atoms with van der Waals surface area (Å²) in [5, 5.41) is 12.9. The fourth-order valence-corrected chi connectivity index (χ4v) is 3.32. The highest BCUT2D eigenvalue weighted by molar-refractivity contribution is 7.12. The summed E-state index contributed by atoms with van der Waals surface area (Å²) in [7, 11) is 0. The number of ether oxygens (including phenoxy) is 1. The Kier molecular flexibility index (Phi) is 5.27. The lowest BCUT2D eigenvalue weighted by atomic mass is 10.2. The first-order chi connectivity index (χ1) is 12.1. The molecular weight excluding hydrogens is 344 g/mol. The van der Waals surface area contributed by atoms with E-state index >= 15 is 0 Å². The molecule has 1 aliphatic rings. The summed E-state index contributed by atoms with van der Waals surface area (Å²) in [5.74, 6) is 0.228. The molecule has 1 saturated heterocycles. The first kappa shape index (κ1) is 17.3. The lowest BCUT2D eigenvalue weighted by Gasteiger charge is -2.34. The maximum absolute atomic E-state index is 12.8. The van der Waals surface area contributed by atoms with Crippen molar-refractivity contribution in [1.82, 2.24) is 30.0 Å². The summed E-state index contributed by atoms with van der Waals surface area (Å²) in [6, 6.07) is 1.81. The van der Waals surface area contributed by atoms with Crippen LogP contribution in [0.25, 0.3) is 5.69 Å². The molecule has 0 aliphatic carbocycles. The maximum Gasteiger partial charge on any atom is 0.409 e. The van der Waals surface area contributed by atoms with Crippen molar-refractivity contribution >= 4 is 23.3 Å². The fourth-order valence-electron chi connectivity index (χ4n) is 2.48. The van der Waals surface area contributed by atoms with Crippen LogP contribution in [0, 0.1) is 5.92 Å². The van der Waals surface area contributed by atoms with Crippen molar-refractivity contribution < 1.29 is 14.3 Å². The number of hydrogen-bond acceptors (Lipinski definition) is 7. The Morgan fingerprint density at radius 1 is 1.24 bits per heavy atom. The van der Waals surface area contributed by atoms with E-state index < -0.39 is 0 Å². The van der Waals surface area contributed by atoms with E-state index in [0.717, 1.165) is 0 Å².